The molecule has 4 fully saturated rings. The summed E-state index contributed by atoms with van der Waals surface area (Å²) in [5.74, 6) is 1.06. The van der Waals surface area contributed by atoms with Gasteiger partial charge in [0.1, 0.15) is 0 Å². The fourth-order valence-corrected chi connectivity index (χ4v) is 6.15. The van der Waals surface area contributed by atoms with Crippen molar-refractivity contribution in [2.45, 2.75) is 44.2 Å². The molecule has 2 amide bonds. The van der Waals surface area contributed by atoms with Crippen LogP contribution in [-0.4, -0.2) is 71.6 Å². The molecule has 0 aliphatic carbocycles. The van der Waals surface area contributed by atoms with Gasteiger partial charge in [-0.15, -0.1) is 12.4 Å². The molecule has 30 heavy (non-hydrogen) atoms. The number of aliphatic hydroxyl groups excluding tert-OH is 1. The minimum Gasteiger partial charge on any atom is -0.395 e. The summed E-state index contributed by atoms with van der Waals surface area (Å²) in [6.45, 7) is 2.46. The van der Waals surface area contributed by atoms with Crippen LogP contribution >= 0.6 is 12.4 Å². The van der Waals surface area contributed by atoms with E-state index in [2.05, 4.69) is 34.5 Å². The average molecular weight is 434 g/mol. The Morgan fingerprint density at radius 1 is 1.17 bits per heavy atom. The predicted octanol–water partition coefficient (Wildman–Crippen LogP) is 1.46. The van der Waals surface area contributed by atoms with Gasteiger partial charge < -0.3 is 20.2 Å². The van der Waals surface area contributed by atoms with Crippen molar-refractivity contribution in [3.05, 3.63) is 35.9 Å². The number of rotatable bonds is 4. The first-order valence-corrected chi connectivity index (χ1v) is 11.1. The highest BCUT2D eigenvalue weighted by Crippen LogP contribution is 2.43. The number of hydrogen-bond acceptors (Lipinski definition) is 4. The second kappa shape index (κ2) is 8.48. The molecule has 7 heteroatoms. The maximum atomic E-state index is 13.3. The Morgan fingerprint density at radius 2 is 1.90 bits per heavy atom. The number of benzene rings is 1. The number of carbonyl (C=O) groups excluding carboxylic acids is 2. The Morgan fingerprint density at radius 3 is 2.57 bits per heavy atom. The van der Waals surface area contributed by atoms with Gasteiger partial charge in [0.25, 0.3) is 0 Å². The van der Waals surface area contributed by atoms with Crippen LogP contribution in [0.3, 0.4) is 0 Å². The molecule has 1 aromatic carbocycles. The fraction of sp³-hybridized carbons (Fsp3) is 0.652. The first-order chi connectivity index (χ1) is 14.1. The van der Waals surface area contributed by atoms with Crippen LogP contribution in [0.5, 0.6) is 0 Å². The van der Waals surface area contributed by atoms with E-state index in [0.717, 1.165) is 32.2 Å². The van der Waals surface area contributed by atoms with Gasteiger partial charge in [-0.1, -0.05) is 30.3 Å². The first kappa shape index (κ1) is 21.6. The number of halogens is 1. The molecule has 164 valence electrons. The number of likely N-dealkylation sites (tertiary alicyclic amines) is 1. The molecule has 0 saturated carbocycles. The highest BCUT2D eigenvalue weighted by atomic mass is 35.5. The molecule has 0 spiro atoms. The summed E-state index contributed by atoms with van der Waals surface area (Å²) >= 11 is 0. The van der Waals surface area contributed by atoms with E-state index in [1.807, 2.05) is 11.0 Å². The Hall–Kier alpha value is -1.63. The van der Waals surface area contributed by atoms with E-state index >= 15 is 0 Å². The number of nitrogens with one attached hydrogen (secondary N) is 1. The molecular formula is C23H32ClN3O3. The van der Waals surface area contributed by atoms with Crippen LogP contribution in [0.15, 0.2) is 30.3 Å². The Balaban J connectivity index is 0.00000218. The van der Waals surface area contributed by atoms with E-state index < -0.39 is 5.41 Å². The highest BCUT2D eigenvalue weighted by Gasteiger charge is 2.53. The van der Waals surface area contributed by atoms with Crippen molar-refractivity contribution >= 4 is 24.2 Å². The van der Waals surface area contributed by atoms with Crippen molar-refractivity contribution in [2.24, 2.45) is 17.3 Å². The third-order valence-corrected chi connectivity index (χ3v) is 7.75. The fourth-order valence-electron chi connectivity index (χ4n) is 6.15. The van der Waals surface area contributed by atoms with Gasteiger partial charge in [-0.2, -0.15) is 0 Å². The minimum absolute atomic E-state index is 0. The molecule has 0 unspecified atom stereocenters. The lowest BCUT2D eigenvalue weighted by Crippen LogP contribution is -2.69. The third kappa shape index (κ3) is 3.53. The molecule has 4 aliphatic heterocycles. The largest absolute Gasteiger partial charge is 0.395 e. The van der Waals surface area contributed by atoms with Crippen LogP contribution < -0.4 is 5.32 Å². The van der Waals surface area contributed by atoms with Crippen molar-refractivity contribution < 1.29 is 14.7 Å². The van der Waals surface area contributed by atoms with Gasteiger partial charge >= 0.3 is 0 Å². The molecule has 0 aromatic heterocycles. The van der Waals surface area contributed by atoms with Crippen molar-refractivity contribution in [2.75, 3.05) is 32.8 Å². The zero-order chi connectivity index (χ0) is 20.0. The summed E-state index contributed by atoms with van der Waals surface area (Å²) in [5, 5.41) is 13.0. The van der Waals surface area contributed by atoms with Crippen molar-refractivity contribution in [3.63, 3.8) is 0 Å². The number of nitrogens with zero attached hydrogens (tertiary/aromatic N) is 2. The van der Waals surface area contributed by atoms with Gasteiger partial charge in [0.15, 0.2) is 0 Å². The maximum absolute atomic E-state index is 13.3. The second-order valence-corrected chi connectivity index (χ2v) is 9.53. The number of aliphatic hydroxyl groups is 1. The van der Waals surface area contributed by atoms with Crippen LogP contribution in [-0.2, 0) is 16.0 Å². The lowest BCUT2D eigenvalue weighted by atomic mass is 9.70. The average Bonchev–Trinajstić information content (AvgIpc) is 2.71. The standard InChI is InChI=1S/C23H31N3O3.ClH/c27-15-23(13-24-14-23)22(29)25-11-17-10-18(12-25)20(9-16-5-2-1-3-6-16)26-19(17)7-4-8-21(26)28;/h1-3,5-6,17-20,24,27H,4,7-15H2;1H/t17-,18+,19+,20+;/m1./s1. The molecule has 5 rings (SSSR count). The van der Waals surface area contributed by atoms with Gasteiger partial charge in [0.2, 0.25) is 11.8 Å². The van der Waals surface area contributed by atoms with Crippen LogP contribution in [0.2, 0.25) is 0 Å². The van der Waals surface area contributed by atoms with Crippen molar-refractivity contribution in [1.29, 1.82) is 0 Å². The van der Waals surface area contributed by atoms with Crippen LogP contribution in [0.25, 0.3) is 0 Å². The first-order valence-electron chi connectivity index (χ1n) is 11.1. The molecule has 4 aliphatic rings. The number of fused-ring (bicyclic) bond motifs is 4. The molecule has 2 bridgehead atoms. The van der Waals surface area contributed by atoms with Crippen LogP contribution in [0.1, 0.15) is 31.2 Å². The van der Waals surface area contributed by atoms with E-state index in [0.29, 0.717) is 43.8 Å². The molecule has 0 radical (unpaired) electrons. The molecule has 4 saturated heterocycles. The van der Waals surface area contributed by atoms with Crippen LogP contribution in [0, 0.1) is 17.3 Å². The van der Waals surface area contributed by atoms with E-state index in [4.69, 9.17) is 0 Å². The monoisotopic (exact) mass is 433 g/mol. The van der Waals surface area contributed by atoms with E-state index in [1.54, 1.807) is 0 Å². The summed E-state index contributed by atoms with van der Waals surface area (Å²) < 4.78 is 0. The molecule has 2 N–H and O–H groups in total. The Bertz CT molecular complexity index is 780. The zero-order valence-corrected chi connectivity index (χ0v) is 18.2. The molecule has 4 heterocycles. The molecule has 1 aromatic rings. The normalized spacial score (nSPS) is 32.0. The van der Waals surface area contributed by atoms with E-state index in [-0.39, 0.29) is 37.0 Å². The van der Waals surface area contributed by atoms with E-state index in [1.165, 1.54) is 5.56 Å². The topological polar surface area (TPSA) is 72.9 Å². The van der Waals surface area contributed by atoms with Gasteiger partial charge in [0, 0.05) is 44.7 Å². The molecule has 4 atom stereocenters. The Kier molecular flexibility index (Phi) is 6.11. The SMILES string of the molecule is Cl.O=C1CCC[C@H]2[C@@H]3C[C@@H](CN(C(=O)C4(CO)CNC4)C3)[C@H](Cc3ccccc3)N12. The van der Waals surface area contributed by atoms with Gasteiger partial charge in [-0.05, 0) is 43.1 Å². The zero-order valence-electron chi connectivity index (χ0n) is 17.3. The summed E-state index contributed by atoms with van der Waals surface area (Å²) in [4.78, 5) is 30.5. The lowest BCUT2D eigenvalue weighted by Gasteiger charge is -2.57. The van der Waals surface area contributed by atoms with Gasteiger partial charge in [-0.25, -0.2) is 0 Å². The maximum Gasteiger partial charge on any atom is 0.233 e. The Labute approximate surface area is 184 Å². The predicted molar refractivity (Wildman–Crippen MR) is 116 cm³/mol. The number of hydrogen-bond donors (Lipinski definition) is 2. The highest BCUT2D eigenvalue weighted by molar-refractivity contribution is 5.85. The van der Waals surface area contributed by atoms with Crippen molar-refractivity contribution in [1.82, 2.24) is 15.1 Å². The van der Waals surface area contributed by atoms with Gasteiger partial charge in [0.05, 0.1) is 12.0 Å². The third-order valence-electron chi connectivity index (χ3n) is 7.75. The second-order valence-electron chi connectivity index (χ2n) is 9.53. The molecular weight excluding hydrogens is 402 g/mol. The molecule has 6 nitrogen and oxygen atoms in total. The number of piperidine rings is 3. The quantitative estimate of drug-likeness (QED) is 0.754. The summed E-state index contributed by atoms with van der Waals surface area (Å²) in [6, 6.07) is 10.8. The van der Waals surface area contributed by atoms with Crippen LogP contribution in [0.4, 0.5) is 0 Å². The summed E-state index contributed by atoms with van der Waals surface area (Å²) in [7, 11) is 0. The smallest absolute Gasteiger partial charge is 0.233 e. The number of amides is 2. The van der Waals surface area contributed by atoms with Gasteiger partial charge in [-0.3, -0.25) is 9.59 Å². The summed E-state index contributed by atoms with van der Waals surface area (Å²) in [6.07, 6.45) is 4.61. The number of carbonyl (C=O) groups is 2. The summed E-state index contributed by atoms with van der Waals surface area (Å²) in [5.41, 5.74) is 0.620. The van der Waals surface area contributed by atoms with Crippen molar-refractivity contribution in [3.8, 4) is 0 Å². The lowest BCUT2D eigenvalue weighted by molar-refractivity contribution is -0.163. The van der Waals surface area contributed by atoms with E-state index in [9.17, 15) is 14.7 Å². The minimum atomic E-state index is -0.636.